The summed E-state index contributed by atoms with van der Waals surface area (Å²) >= 11 is 0. The summed E-state index contributed by atoms with van der Waals surface area (Å²) in [5.74, 6) is -0.0443. The lowest BCUT2D eigenvalue weighted by molar-refractivity contribution is -0.124. The van der Waals surface area contributed by atoms with Crippen LogP contribution < -0.4 is 11.1 Å². The van der Waals surface area contributed by atoms with Crippen molar-refractivity contribution in [2.24, 2.45) is 18.7 Å². The van der Waals surface area contributed by atoms with Gasteiger partial charge in [-0.25, -0.2) is 0 Å². The van der Waals surface area contributed by atoms with Crippen LogP contribution in [0.1, 0.15) is 37.3 Å². The summed E-state index contributed by atoms with van der Waals surface area (Å²) in [5, 5.41) is 16.3. The first-order valence-corrected chi connectivity index (χ1v) is 6.77. The highest BCUT2D eigenvalue weighted by molar-refractivity contribution is 5.83. The van der Waals surface area contributed by atoms with Crippen LogP contribution in [0.2, 0.25) is 0 Å². The molecule has 6 heteroatoms. The number of nitrogens with one attached hydrogen (secondary N) is 1. The number of hydrogen-bond acceptors (Lipinski definition) is 4. The highest BCUT2D eigenvalue weighted by Gasteiger charge is 2.28. The van der Waals surface area contributed by atoms with Crippen LogP contribution >= 0.6 is 0 Å². The van der Waals surface area contributed by atoms with Crippen molar-refractivity contribution in [1.82, 2.24) is 15.1 Å². The van der Waals surface area contributed by atoms with E-state index in [4.69, 9.17) is 5.73 Å². The Bertz CT molecular complexity index is 432. The molecule has 1 amide bonds. The Hall–Kier alpha value is -1.40. The van der Waals surface area contributed by atoms with Gasteiger partial charge >= 0.3 is 0 Å². The number of aromatic nitrogens is 2. The molecule has 1 aliphatic rings. The second kappa shape index (κ2) is 6.16. The van der Waals surface area contributed by atoms with Crippen molar-refractivity contribution >= 4 is 5.91 Å². The topological polar surface area (TPSA) is 93.2 Å². The predicted molar refractivity (Wildman–Crippen MR) is 71.1 cm³/mol. The van der Waals surface area contributed by atoms with E-state index < -0.39 is 6.04 Å². The molecule has 19 heavy (non-hydrogen) atoms. The maximum Gasteiger partial charge on any atom is 0.241 e. The zero-order valence-electron chi connectivity index (χ0n) is 11.2. The van der Waals surface area contributed by atoms with Crippen LogP contribution in [-0.2, 0) is 11.8 Å². The molecule has 0 spiro atoms. The van der Waals surface area contributed by atoms with Crippen molar-refractivity contribution in [3.8, 4) is 0 Å². The average molecular weight is 266 g/mol. The molecule has 2 rings (SSSR count). The third-order valence-corrected chi connectivity index (χ3v) is 3.84. The number of carbonyl (C=O) groups excluding carboxylic acids is 1. The molecule has 1 aromatic rings. The van der Waals surface area contributed by atoms with Crippen LogP contribution in [0.4, 0.5) is 0 Å². The number of nitrogens with zero attached hydrogens (tertiary/aromatic N) is 2. The molecule has 0 radical (unpaired) electrons. The average Bonchev–Trinajstić information content (AvgIpc) is 2.85. The number of carbonyl (C=O) groups is 1. The fraction of sp³-hybridized carbons (Fsp3) is 0.692. The van der Waals surface area contributed by atoms with Gasteiger partial charge in [-0.05, 0) is 12.8 Å². The number of aliphatic hydroxyl groups is 1. The molecule has 0 bridgehead atoms. The van der Waals surface area contributed by atoms with E-state index in [-0.39, 0.29) is 24.5 Å². The number of nitrogens with two attached hydrogens (primary N) is 1. The molecule has 1 aromatic heterocycles. The van der Waals surface area contributed by atoms with E-state index in [1.54, 1.807) is 24.1 Å². The second-order valence-corrected chi connectivity index (χ2v) is 5.27. The van der Waals surface area contributed by atoms with E-state index in [1.807, 2.05) is 0 Å². The van der Waals surface area contributed by atoms with Gasteiger partial charge in [0.2, 0.25) is 5.91 Å². The Kier molecular flexibility index (Phi) is 4.55. The van der Waals surface area contributed by atoms with Crippen LogP contribution in [0.5, 0.6) is 0 Å². The molecular formula is C13H22N4O2. The van der Waals surface area contributed by atoms with Crippen LogP contribution in [0.3, 0.4) is 0 Å². The minimum atomic E-state index is -0.699. The summed E-state index contributed by atoms with van der Waals surface area (Å²) < 4.78 is 1.62. The summed E-state index contributed by atoms with van der Waals surface area (Å²) in [6, 6.07) is -0.663. The molecule has 0 saturated heterocycles. The van der Waals surface area contributed by atoms with E-state index in [9.17, 15) is 9.90 Å². The van der Waals surface area contributed by atoms with Gasteiger partial charge in [-0.3, -0.25) is 9.48 Å². The lowest BCUT2D eigenvalue weighted by Gasteiger charge is -2.31. The van der Waals surface area contributed by atoms with E-state index in [2.05, 4.69) is 10.4 Å². The lowest BCUT2D eigenvalue weighted by Crippen LogP contribution is -2.46. The third-order valence-electron chi connectivity index (χ3n) is 3.84. The zero-order valence-corrected chi connectivity index (χ0v) is 11.2. The van der Waals surface area contributed by atoms with Gasteiger partial charge in [0.1, 0.15) is 6.04 Å². The quantitative estimate of drug-likeness (QED) is 0.720. The van der Waals surface area contributed by atoms with Gasteiger partial charge in [0.05, 0.1) is 6.20 Å². The molecule has 106 valence electrons. The number of aliphatic hydroxyl groups excluding tert-OH is 1. The summed E-state index contributed by atoms with van der Waals surface area (Å²) in [6.45, 7) is 0.118. The first-order valence-electron chi connectivity index (χ1n) is 6.77. The summed E-state index contributed by atoms with van der Waals surface area (Å²) in [4.78, 5) is 12.1. The van der Waals surface area contributed by atoms with Crippen molar-refractivity contribution in [3.05, 3.63) is 18.0 Å². The number of amides is 1. The maximum atomic E-state index is 12.1. The summed E-state index contributed by atoms with van der Waals surface area (Å²) in [5.41, 5.74) is 6.63. The van der Waals surface area contributed by atoms with Crippen molar-refractivity contribution < 1.29 is 9.90 Å². The van der Waals surface area contributed by atoms with Crippen molar-refractivity contribution in [2.45, 2.75) is 37.8 Å². The Morgan fingerprint density at radius 1 is 1.63 bits per heavy atom. The van der Waals surface area contributed by atoms with E-state index >= 15 is 0 Å². The molecule has 3 atom stereocenters. The first kappa shape index (κ1) is 14.0. The smallest absolute Gasteiger partial charge is 0.241 e. The minimum Gasteiger partial charge on any atom is -0.396 e. The van der Waals surface area contributed by atoms with E-state index in [0.717, 1.165) is 25.7 Å². The normalized spacial score (nSPS) is 25.0. The molecule has 0 aromatic carbocycles. The second-order valence-electron chi connectivity index (χ2n) is 5.27. The van der Waals surface area contributed by atoms with Crippen molar-refractivity contribution in [3.63, 3.8) is 0 Å². The standard InChI is InChI=1S/C13H22N4O2/c1-17-7-10(6-15-17)12(14)13(19)16-11-5-3-2-4-9(11)8-18/h6-7,9,11-12,18H,2-5,8,14H2,1H3,(H,16,19). The summed E-state index contributed by atoms with van der Waals surface area (Å²) in [7, 11) is 1.79. The first-order chi connectivity index (χ1) is 9.11. The van der Waals surface area contributed by atoms with Crippen molar-refractivity contribution in [2.75, 3.05) is 6.61 Å². The van der Waals surface area contributed by atoms with Gasteiger partial charge in [0, 0.05) is 37.4 Å². The summed E-state index contributed by atoms with van der Waals surface area (Å²) in [6.07, 6.45) is 7.43. The SMILES string of the molecule is Cn1cc(C(N)C(=O)NC2CCCCC2CO)cn1. The molecule has 1 fully saturated rings. The van der Waals surface area contributed by atoms with Gasteiger partial charge in [-0.1, -0.05) is 12.8 Å². The van der Waals surface area contributed by atoms with Crippen molar-refractivity contribution in [1.29, 1.82) is 0 Å². The Balaban J connectivity index is 1.96. The highest BCUT2D eigenvalue weighted by atomic mass is 16.3. The Morgan fingerprint density at radius 3 is 3.00 bits per heavy atom. The Morgan fingerprint density at radius 2 is 2.37 bits per heavy atom. The highest BCUT2D eigenvalue weighted by Crippen LogP contribution is 2.24. The van der Waals surface area contributed by atoms with Crippen LogP contribution in [0.25, 0.3) is 0 Å². The van der Waals surface area contributed by atoms with Gasteiger partial charge < -0.3 is 16.2 Å². The number of rotatable bonds is 4. The molecular weight excluding hydrogens is 244 g/mol. The number of hydrogen-bond donors (Lipinski definition) is 3. The number of aryl methyl sites for hydroxylation is 1. The molecule has 6 nitrogen and oxygen atoms in total. The monoisotopic (exact) mass is 266 g/mol. The van der Waals surface area contributed by atoms with E-state index in [0.29, 0.717) is 5.56 Å². The minimum absolute atomic E-state index is 0.0361. The van der Waals surface area contributed by atoms with Crippen LogP contribution in [0.15, 0.2) is 12.4 Å². The van der Waals surface area contributed by atoms with E-state index in [1.165, 1.54) is 0 Å². The molecule has 1 saturated carbocycles. The lowest BCUT2D eigenvalue weighted by atomic mass is 9.85. The maximum absolute atomic E-state index is 12.1. The van der Waals surface area contributed by atoms with Gasteiger partial charge in [0.15, 0.2) is 0 Å². The Labute approximate surface area is 113 Å². The van der Waals surface area contributed by atoms with Gasteiger partial charge in [-0.15, -0.1) is 0 Å². The fourth-order valence-corrected chi connectivity index (χ4v) is 2.64. The fourth-order valence-electron chi connectivity index (χ4n) is 2.64. The molecule has 4 N–H and O–H groups in total. The largest absolute Gasteiger partial charge is 0.396 e. The third kappa shape index (κ3) is 3.33. The van der Waals surface area contributed by atoms with Crippen LogP contribution in [-0.4, -0.2) is 33.4 Å². The van der Waals surface area contributed by atoms with Crippen LogP contribution in [0, 0.1) is 5.92 Å². The van der Waals surface area contributed by atoms with Gasteiger partial charge in [0.25, 0.3) is 0 Å². The molecule has 0 aliphatic heterocycles. The van der Waals surface area contributed by atoms with Gasteiger partial charge in [-0.2, -0.15) is 5.10 Å². The molecule has 3 unspecified atom stereocenters. The zero-order chi connectivity index (χ0) is 13.8. The predicted octanol–water partition coefficient (Wildman–Crippen LogP) is 0.0872. The molecule has 1 aliphatic carbocycles. The molecule has 1 heterocycles.